The Morgan fingerprint density at radius 2 is 2.19 bits per heavy atom. The minimum absolute atomic E-state index is 0.0328. The number of hydrogen-bond acceptors (Lipinski definition) is 4. The normalized spacial score (nSPS) is 19.5. The smallest absolute Gasteiger partial charge is 0.347 e. The molecule has 0 N–H and O–H groups in total. The van der Waals surface area contributed by atoms with E-state index < -0.39 is 11.9 Å². The third-order valence-electron chi connectivity index (χ3n) is 3.53. The number of anilines is 1. The van der Waals surface area contributed by atoms with Gasteiger partial charge in [0.2, 0.25) is 0 Å². The molecule has 21 heavy (non-hydrogen) atoms. The summed E-state index contributed by atoms with van der Waals surface area (Å²) in [4.78, 5) is 9.96. The molecular weight excluding hydrogens is 369 g/mol. The predicted octanol–water partition coefficient (Wildman–Crippen LogP) is 3.65. The van der Waals surface area contributed by atoms with Gasteiger partial charge in [-0.05, 0) is 22.4 Å². The molecule has 2 aromatic rings. The SMILES string of the molecule is Cn1ccnc1C1CCN(c2nc(C(F)(F)F)c(Br)s2)C1. The molecule has 0 amide bonds. The van der Waals surface area contributed by atoms with Gasteiger partial charge in [-0.3, -0.25) is 0 Å². The van der Waals surface area contributed by atoms with Gasteiger partial charge in [0.25, 0.3) is 0 Å². The summed E-state index contributed by atoms with van der Waals surface area (Å²) >= 11 is 3.98. The number of halogens is 4. The third-order valence-corrected chi connectivity index (χ3v) is 5.29. The predicted molar refractivity (Wildman–Crippen MR) is 77.6 cm³/mol. The first-order valence-corrected chi connectivity index (χ1v) is 7.93. The van der Waals surface area contributed by atoms with E-state index in [0.29, 0.717) is 18.2 Å². The first kappa shape index (κ1) is 14.8. The van der Waals surface area contributed by atoms with Gasteiger partial charge in [0.05, 0.1) is 0 Å². The molecule has 3 heterocycles. The van der Waals surface area contributed by atoms with Crippen LogP contribution in [0.5, 0.6) is 0 Å². The highest BCUT2D eigenvalue weighted by atomic mass is 79.9. The van der Waals surface area contributed by atoms with E-state index in [0.717, 1.165) is 23.6 Å². The van der Waals surface area contributed by atoms with E-state index in [9.17, 15) is 13.2 Å². The van der Waals surface area contributed by atoms with Crippen molar-refractivity contribution in [2.45, 2.75) is 18.5 Å². The van der Waals surface area contributed by atoms with Crippen molar-refractivity contribution in [3.63, 3.8) is 0 Å². The quantitative estimate of drug-likeness (QED) is 0.797. The van der Waals surface area contributed by atoms with E-state index in [4.69, 9.17) is 0 Å². The Morgan fingerprint density at radius 3 is 2.76 bits per heavy atom. The summed E-state index contributed by atoms with van der Waals surface area (Å²) in [6.45, 7) is 1.33. The lowest BCUT2D eigenvalue weighted by atomic mass is 10.1. The van der Waals surface area contributed by atoms with Crippen LogP contribution in [-0.2, 0) is 13.2 Å². The van der Waals surface area contributed by atoms with Crippen LogP contribution in [0.1, 0.15) is 23.9 Å². The maximum atomic E-state index is 12.8. The minimum atomic E-state index is -4.42. The van der Waals surface area contributed by atoms with Gasteiger partial charge in [-0.1, -0.05) is 11.3 Å². The van der Waals surface area contributed by atoms with Gasteiger partial charge in [-0.15, -0.1) is 0 Å². The largest absolute Gasteiger partial charge is 0.435 e. The fourth-order valence-corrected chi connectivity index (χ4v) is 4.11. The van der Waals surface area contributed by atoms with Gasteiger partial charge in [0.15, 0.2) is 10.8 Å². The summed E-state index contributed by atoms with van der Waals surface area (Å²) in [6, 6.07) is 0. The second-order valence-corrected chi connectivity index (χ2v) is 7.24. The van der Waals surface area contributed by atoms with Crippen LogP contribution >= 0.6 is 27.3 Å². The van der Waals surface area contributed by atoms with Gasteiger partial charge in [0.1, 0.15) is 9.61 Å². The Labute approximate surface area is 131 Å². The van der Waals surface area contributed by atoms with Gasteiger partial charge in [-0.2, -0.15) is 13.2 Å². The average Bonchev–Trinajstić information content (AvgIpc) is 3.05. The molecule has 1 aliphatic rings. The van der Waals surface area contributed by atoms with Crippen molar-refractivity contribution in [1.82, 2.24) is 14.5 Å². The number of thiazole rings is 1. The first-order chi connectivity index (χ1) is 9.86. The van der Waals surface area contributed by atoms with Crippen molar-refractivity contribution < 1.29 is 13.2 Å². The molecule has 1 aliphatic heterocycles. The zero-order chi connectivity index (χ0) is 15.2. The van der Waals surface area contributed by atoms with E-state index in [1.807, 2.05) is 22.7 Å². The maximum absolute atomic E-state index is 12.8. The molecular formula is C12H12BrF3N4S. The second kappa shape index (κ2) is 5.28. The van der Waals surface area contributed by atoms with Crippen LogP contribution in [0.4, 0.5) is 18.3 Å². The molecule has 0 radical (unpaired) electrons. The van der Waals surface area contributed by atoms with Gasteiger partial charge in [0, 0.05) is 38.4 Å². The van der Waals surface area contributed by atoms with Crippen LogP contribution in [0, 0.1) is 0 Å². The molecule has 0 spiro atoms. The first-order valence-electron chi connectivity index (χ1n) is 6.32. The molecule has 2 aromatic heterocycles. The summed E-state index contributed by atoms with van der Waals surface area (Å²) in [5.74, 6) is 1.19. The summed E-state index contributed by atoms with van der Waals surface area (Å²) in [5, 5.41) is 0.408. The third kappa shape index (κ3) is 2.80. The van der Waals surface area contributed by atoms with Crippen molar-refractivity contribution in [2.75, 3.05) is 18.0 Å². The van der Waals surface area contributed by atoms with E-state index in [1.54, 1.807) is 6.20 Å². The summed E-state index contributed by atoms with van der Waals surface area (Å²) in [6.07, 6.45) is 0.0508. The number of aromatic nitrogens is 3. The Bertz CT molecular complexity index is 651. The van der Waals surface area contributed by atoms with Crippen molar-refractivity contribution >= 4 is 32.4 Å². The fourth-order valence-electron chi connectivity index (χ4n) is 2.52. The van der Waals surface area contributed by atoms with Crippen molar-refractivity contribution in [3.05, 3.63) is 27.7 Å². The number of rotatable bonds is 2. The number of aryl methyl sites for hydroxylation is 1. The molecule has 1 atom stereocenters. The molecule has 4 nitrogen and oxygen atoms in total. The molecule has 0 bridgehead atoms. The zero-order valence-electron chi connectivity index (χ0n) is 11.1. The van der Waals surface area contributed by atoms with Crippen LogP contribution < -0.4 is 4.90 Å². The lowest BCUT2D eigenvalue weighted by Gasteiger charge is -2.14. The van der Waals surface area contributed by atoms with Crippen LogP contribution in [0.2, 0.25) is 0 Å². The Hall–Kier alpha value is -1.09. The van der Waals surface area contributed by atoms with Crippen molar-refractivity contribution in [3.8, 4) is 0 Å². The summed E-state index contributed by atoms with van der Waals surface area (Å²) < 4.78 is 40.3. The number of alkyl halides is 3. The van der Waals surface area contributed by atoms with E-state index in [-0.39, 0.29) is 9.70 Å². The van der Waals surface area contributed by atoms with Crippen LogP contribution in [-0.4, -0.2) is 27.6 Å². The molecule has 114 valence electrons. The van der Waals surface area contributed by atoms with Crippen LogP contribution in [0.25, 0.3) is 0 Å². The Balaban J connectivity index is 1.79. The molecule has 1 saturated heterocycles. The lowest BCUT2D eigenvalue weighted by molar-refractivity contribution is -0.141. The van der Waals surface area contributed by atoms with E-state index >= 15 is 0 Å². The van der Waals surface area contributed by atoms with Gasteiger partial charge < -0.3 is 9.47 Å². The number of nitrogens with zero attached hydrogens (tertiary/aromatic N) is 4. The highest BCUT2D eigenvalue weighted by molar-refractivity contribution is 9.11. The zero-order valence-corrected chi connectivity index (χ0v) is 13.5. The highest BCUT2D eigenvalue weighted by Crippen LogP contribution is 2.42. The summed E-state index contributed by atoms with van der Waals surface area (Å²) in [5.41, 5.74) is -0.844. The van der Waals surface area contributed by atoms with E-state index in [1.165, 1.54) is 0 Å². The molecule has 9 heteroatoms. The van der Waals surface area contributed by atoms with Crippen molar-refractivity contribution in [2.24, 2.45) is 7.05 Å². The monoisotopic (exact) mass is 380 g/mol. The number of hydrogen-bond donors (Lipinski definition) is 0. The maximum Gasteiger partial charge on any atom is 0.435 e. The molecule has 0 aromatic carbocycles. The molecule has 3 rings (SSSR count). The molecule has 0 saturated carbocycles. The van der Waals surface area contributed by atoms with E-state index in [2.05, 4.69) is 25.9 Å². The van der Waals surface area contributed by atoms with Gasteiger partial charge in [-0.25, -0.2) is 9.97 Å². The van der Waals surface area contributed by atoms with Gasteiger partial charge >= 0.3 is 6.18 Å². The number of imidazole rings is 1. The standard InChI is InChI=1S/C12H12BrF3N4S/c1-19-5-3-17-10(19)7-2-4-20(6-7)11-18-8(9(13)21-11)12(14,15)16/h3,5,7H,2,4,6H2,1H3. The van der Waals surface area contributed by atoms with Crippen LogP contribution in [0.15, 0.2) is 16.2 Å². The highest BCUT2D eigenvalue weighted by Gasteiger charge is 2.38. The summed E-state index contributed by atoms with van der Waals surface area (Å²) in [7, 11) is 1.92. The minimum Gasteiger partial charge on any atom is -0.347 e. The second-order valence-electron chi connectivity index (χ2n) is 4.94. The molecule has 1 unspecified atom stereocenters. The fraction of sp³-hybridized carbons (Fsp3) is 0.500. The Kier molecular flexibility index (Phi) is 3.73. The molecule has 1 fully saturated rings. The average molecular weight is 381 g/mol. The lowest BCUT2D eigenvalue weighted by Crippen LogP contribution is -2.20. The van der Waals surface area contributed by atoms with Crippen LogP contribution in [0.3, 0.4) is 0 Å². The molecule has 0 aliphatic carbocycles. The van der Waals surface area contributed by atoms with Crippen molar-refractivity contribution in [1.29, 1.82) is 0 Å². The topological polar surface area (TPSA) is 34.0 Å². The Morgan fingerprint density at radius 1 is 1.43 bits per heavy atom.